The van der Waals surface area contributed by atoms with E-state index in [1.807, 2.05) is 28.5 Å². The van der Waals surface area contributed by atoms with Gasteiger partial charge < -0.3 is 15.2 Å². The van der Waals surface area contributed by atoms with Crippen LogP contribution in [0.3, 0.4) is 0 Å². The van der Waals surface area contributed by atoms with E-state index in [-0.39, 0.29) is 23.3 Å². The highest BCUT2D eigenvalue weighted by atomic mass is 16.2. The zero-order chi connectivity index (χ0) is 15.9. The van der Waals surface area contributed by atoms with E-state index < -0.39 is 6.04 Å². The number of likely N-dealkylation sites (tertiary alicyclic amines) is 1. The number of carbonyl (C=O) groups excluding carboxylic acids is 1. The minimum absolute atomic E-state index is 0.0655. The molecule has 0 aliphatic carbocycles. The van der Waals surface area contributed by atoms with Gasteiger partial charge in [0.05, 0.1) is 6.04 Å². The first-order valence-corrected chi connectivity index (χ1v) is 8.25. The van der Waals surface area contributed by atoms with Gasteiger partial charge in [0.25, 0.3) is 5.56 Å². The van der Waals surface area contributed by atoms with Crippen LogP contribution in [-0.2, 0) is 11.3 Å². The van der Waals surface area contributed by atoms with E-state index in [2.05, 4.69) is 6.92 Å². The van der Waals surface area contributed by atoms with Crippen molar-refractivity contribution in [3.8, 4) is 0 Å². The van der Waals surface area contributed by atoms with E-state index in [0.717, 1.165) is 25.1 Å². The number of aromatic nitrogens is 1. The fraction of sp³-hybridized carbons (Fsp3) is 0.647. The van der Waals surface area contributed by atoms with Gasteiger partial charge in [0.2, 0.25) is 5.91 Å². The molecule has 5 heteroatoms. The Morgan fingerprint density at radius 1 is 1.36 bits per heavy atom. The van der Waals surface area contributed by atoms with E-state index in [0.29, 0.717) is 19.0 Å². The Balaban J connectivity index is 1.82. The van der Waals surface area contributed by atoms with Gasteiger partial charge in [0, 0.05) is 37.3 Å². The van der Waals surface area contributed by atoms with Gasteiger partial charge in [-0.05, 0) is 24.3 Å². The van der Waals surface area contributed by atoms with E-state index in [4.69, 9.17) is 5.73 Å². The highest BCUT2D eigenvalue weighted by Gasteiger charge is 2.37. The van der Waals surface area contributed by atoms with Crippen molar-refractivity contribution in [1.82, 2.24) is 9.47 Å². The monoisotopic (exact) mass is 303 g/mol. The lowest BCUT2D eigenvalue weighted by molar-refractivity contribution is -0.136. The van der Waals surface area contributed by atoms with Gasteiger partial charge in [0.1, 0.15) is 0 Å². The molecule has 120 valence electrons. The minimum Gasteiger partial charge on any atom is -0.340 e. The number of piperidine rings is 1. The number of amides is 1. The SMILES string of the molecule is CC[C@H](C)[C@H](N)C(=O)N1C[C@@H]2C[C@@H](C1)c1cccc(=O)n1C2. The molecule has 1 fully saturated rings. The van der Waals surface area contributed by atoms with Gasteiger partial charge >= 0.3 is 0 Å². The molecule has 0 aromatic carbocycles. The quantitative estimate of drug-likeness (QED) is 0.911. The van der Waals surface area contributed by atoms with Gasteiger partial charge in [-0.25, -0.2) is 0 Å². The molecular weight excluding hydrogens is 278 g/mol. The lowest BCUT2D eigenvalue weighted by Crippen LogP contribution is -2.54. The third kappa shape index (κ3) is 2.58. The first-order valence-electron chi connectivity index (χ1n) is 8.25. The summed E-state index contributed by atoms with van der Waals surface area (Å²) in [6.45, 7) is 6.21. The largest absolute Gasteiger partial charge is 0.340 e. The second-order valence-corrected chi connectivity index (χ2v) is 6.85. The van der Waals surface area contributed by atoms with Gasteiger partial charge in [-0.3, -0.25) is 9.59 Å². The first kappa shape index (κ1) is 15.3. The zero-order valence-electron chi connectivity index (χ0n) is 13.4. The molecule has 0 saturated carbocycles. The topological polar surface area (TPSA) is 68.3 Å². The van der Waals surface area contributed by atoms with Gasteiger partial charge in [0.15, 0.2) is 0 Å². The Hall–Kier alpha value is -1.62. The molecule has 1 aromatic rings. The van der Waals surface area contributed by atoms with Crippen molar-refractivity contribution in [3.05, 3.63) is 34.2 Å². The molecule has 0 spiro atoms. The lowest BCUT2D eigenvalue weighted by atomic mass is 9.82. The summed E-state index contributed by atoms with van der Waals surface area (Å²) in [6.07, 6.45) is 1.97. The maximum atomic E-state index is 12.6. The number of carbonyl (C=O) groups is 1. The highest BCUT2D eigenvalue weighted by Crippen LogP contribution is 2.35. The fourth-order valence-corrected chi connectivity index (χ4v) is 3.78. The van der Waals surface area contributed by atoms with Crippen molar-refractivity contribution >= 4 is 5.91 Å². The Labute approximate surface area is 131 Å². The van der Waals surface area contributed by atoms with Crippen molar-refractivity contribution in [2.45, 2.75) is 45.2 Å². The van der Waals surface area contributed by atoms with Gasteiger partial charge in [-0.2, -0.15) is 0 Å². The smallest absolute Gasteiger partial charge is 0.250 e. The normalized spacial score (nSPS) is 26.2. The average Bonchev–Trinajstić information content (AvgIpc) is 2.53. The molecule has 1 aromatic heterocycles. The molecule has 22 heavy (non-hydrogen) atoms. The molecule has 3 heterocycles. The van der Waals surface area contributed by atoms with Crippen molar-refractivity contribution < 1.29 is 4.79 Å². The summed E-state index contributed by atoms with van der Waals surface area (Å²) in [5.74, 6) is 0.883. The van der Waals surface area contributed by atoms with Crippen LogP contribution < -0.4 is 11.3 Å². The van der Waals surface area contributed by atoms with Gasteiger partial charge in [-0.1, -0.05) is 26.3 Å². The van der Waals surface area contributed by atoms with Crippen molar-refractivity contribution in [2.75, 3.05) is 13.1 Å². The Morgan fingerprint density at radius 3 is 2.86 bits per heavy atom. The molecule has 1 saturated heterocycles. The van der Waals surface area contributed by atoms with Crippen molar-refractivity contribution in [2.24, 2.45) is 17.6 Å². The summed E-state index contributed by atoms with van der Waals surface area (Å²) in [7, 11) is 0. The molecule has 0 unspecified atom stereocenters. The van der Waals surface area contributed by atoms with Crippen LogP contribution in [0, 0.1) is 11.8 Å². The number of pyridine rings is 1. The standard InChI is InChI=1S/C17H25N3O2/c1-3-11(2)16(18)17(22)19-8-12-7-13(10-19)14-5-4-6-15(21)20(14)9-12/h4-6,11-13,16H,3,7-10,18H2,1-2H3/t11-,12-,13-,16-/m0/s1. The molecule has 5 nitrogen and oxygen atoms in total. The summed E-state index contributed by atoms with van der Waals surface area (Å²) in [6, 6.07) is 5.04. The Kier molecular flexibility index (Phi) is 4.08. The van der Waals surface area contributed by atoms with E-state index in [1.165, 1.54) is 0 Å². The number of rotatable bonds is 3. The molecule has 2 bridgehead atoms. The van der Waals surface area contributed by atoms with E-state index >= 15 is 0 Å². The lowest BCUT2D eigenvalue weighted by Gasteiger charge is -2.43. The predicted molar refractivity (Wildman–Crippen MR) is 85.6 cm³/mol. The third-order valence-corrected chi connectivity index (χ3v) is 5.33. The van der Waals surface area contributed by atoms with Crippen LogP contribution in [0.25, 0.3) is 0 Å². The van der Waals surface area contributed by atoms with Crippen molar-refractivity contribution in [3.63, 3.8) is 0 Å². The maximum Gasteiger partial charge on any atom is 0.250 e. The van der Waals surface area contributed by atoms with Crippen LogP contribution in [0.2, 0.25) is 0 Å². The van der Waals surface area contributed by atoms with E-state index in [1.54, 1.807) is 6.07 Å². The Morgan fingerprint density at radius 2 is 2.14 bits per heavy atom. The number of nitrogens with zero attached hydrogens (tertiary/aromatic N) is 2. The second kappa shape index (κ2) is 5.88. The fourth-order valence-electron chi connectivity index (χ4n) is 3.78. The number of fused-ring (bicyclic) bond motifs is 4. The first-order chi connectivity index (χ1) is 10.5. The summed E-state index contributed by atoms with van der Waals surface area (Å²) in [5.41, 5.74) is 7.27. The third-order valence-electron chi connectivity index (χ3n) is 5.33. The minimum atomic E-state index is -0.415. The molecular formula is C17H25N3O2. The van der Waals surface area contributed by atoms with Crippen LogP contribution in [0.1, 0.15) is 38.3 Å². The molecule has 2 N–H and O–H groups in total. The zero-order valence-corrected chi connectivity index (χ0v) is 13.4. The summed E-state index contributed by atoms with van der Waals surface area (Å²) >= 11 is 0. The summed E-state index contributed by atoms with van der Waals surface area (Å²) in [4.78, 5) is 26.6. The summed E-state index contributed by atoms with van der Waals surface area (Å²) in [5, 5.41) is 0. The van der Waals surface area contributed by atoms with Crippen LogP contribution >= 0.6 is 0 Å². The van der Waals surface area contributed by atoms with Crippen LogP contribution in [0.4, 0.5) is 0 Å². The highest BCUT2D eigenvalue weighted by molar-refractivity contribution is 5.82. The maximum absolute atomic E-state index is 12.6. The number of hydrogen-bond donors (Lipinski definition) is 1. The number of hydrogen-bond acceptors (Lipinski definition) is 3. The van der Waals surface area contributed by atoms with Crippen LogP contribution in [-0.4, -0.2) is 34.5 Å². The van der Waals surface area contributed by atoms with Crippen molar-refractivity contribution in [1.29, 1.82) is 0 Å². The Bertz CT molecular complexity index is 625. The van der Waals surface area contributed by atoms with Crippen LogP contribution in [0.15, 0.2) is 23.0 Å². The predicted octanol–water partition coefficient (Wildman–Crippen LogP) is 1.17. The summed E-state index contributed by atoms with van der Waals surface area (Å²) < 4.78 is 1.88. The van der Waals surface area contributed by atoms with Gasteiger partial charge in [-0.15, -0.1) is 0 Å². The molecule has 1 amide bonds. The average molecular weight is 303 g/mol. The molecule has 2 aliphatic heterocycles. The second-order valence-electron chi connectivity index (χ2n) is 6.85. The molecule has 3 rings (SSSR count). The van der Waals surface area contributed by atoms with Crippen LogP contribution in [0.5, 0.6) is 0 Å². The molecule has 4 atom stereocenters. The molecule has 2 aliphatic rings. The number of nitrogens with two attached hydrogens (primary N) is 1. The van der Waals surface area contributed by atoms with E-state index in [9.17, 15) is 9.59 Å². The molecule has 0 radical (unpaired) electrons.